The molecular formula is C30H35NO2. The summed E-state index contributed by atoms with van der Waals surface area (Å²) < 4.78 is 12.6. The van der Waals surface area contributed by atoms with Crippen LogP contribution < -0.4 is 0 Å². The Morgan fingerprint density at radius 1 is 0.939 bits per heavy atom. The van der Waals surface area contributed by atoms with E-state index in [0.717, 1.165) is 5.76 Å². The van der Waals surface area contributed by atoms with Gasteiger partial charge in [-0.2, -0.15) is 0 Å². The van der Waals surface area contributed by atoms with Crippen molar-refractivity contribution in [3.63, 3.8) is 0 Å². The van der Waals surface area contributed by atoms with Crippen LogP contribution in [0.3, 0.4) is 0 Å². The molecule has 0 saturated heterocycles. The Morgan fingerprint density at radius 2 is 1.70 bits per heavy atom. The highest BCUT2D eigenvalue weighted by Gasteiger charge is 2.43. The van der Waals surface area contributed by atoms with Crippen molar-refractivity contribution < 1.29 is 9.47 Å². The molecule has 3 heteroatoms. The molecule has 2 aromatic rings. The zero-order valence-electron chi connectivity index (χ0n) is 20.6. The maximum Gasteiger partial charge on any atom is 0.120 e. The number of rotatable bonds is 2. The third-order valence-electron chi connectivity index (χ3n) is 7.84. The van der Waals surface area contributed by atoms with Crippen LogP contribution in [0.4, 0.5) is 0 Å². The van der Waals surface area contributed by atoms with Gasteiger partial charge in [0.15, 0.2) is 0 Å². The van der Waals surface area contributed by atoms with Gasteiger partial charge in [-0.05, 0) is 67.7 Å². The van der Waals surface area contributed by atoms with Gasteiger partial charge in [0.2, 0.25) is 0 Å². The zero-order valence-corrected chi connectivity index (χ0v) is 20.6. The highest BCUT2D eigenvalue weighted by molar-refractivity contribution is 5.81. The molecule has 1 aliphatic carbocycles. The van der Waals surface area contributed by atoms with Crippen molar-refractivity contribution in [2.45, 2.75) is 70.7 Å². The van der Waals surface area contributed by atoms with Crippen LogP contribution in [0.2, 0.25) is 0 Å². The number of hydrogen-bond acceptors (Lipinski definition) is 3. The fraction of sp³-hybridized carbons (Fsp3) is 0.400. The van der Waals surface area contributed by atoms with Gasteiger partial charge in [-0.25, -0.2) is 0 Å². The van der Waals surface area contributed by atoms with Gasteiger partial charge in [-0.1, -0.05) is 68.5 Å². The summed E-state index contributed by atoms with van der Waals surface area (Å²) in [6, 6.07) is 16.0. The van der Waals surface area contributed by atoms with E-state index in [1.165, 1.54) is 27.8 Å². The van der Waals surface area contributed by atoms with Gasteiger partial charge in [-0.3, -0.25) is 0 Å². The number of ether oxygens (including phenoxy) is 2. The maximum absolute atomic E-state index is 6.35. The smallest absolute Gasteiger partial charge is 0.120 e. The minimum atomic E-state index is -0.326. The normalized spacial score (nSPS) is 31.6. The van der Waals surface area contributed by atoms with Crippen molar-refractivity contribution >= 4 is 0 Å². The fourth-order valence-corrected chi connectivity index (χ4v) is 5.69. The lowest BCUT2D eigenvalue weighted by molar-refractivity contribution is -0.0865. The average Bonchev–Trinajstić information content (AvgIpc) is 3.03. The molecule has 5 rings (SSSR count). The minimum absolute atomic E-state index is 0.0119. The standard InChI is InChI=1S/C30H35NO2/c1-20-17-21(2)33-22(3)30(6,19-32-20)31-16-10-9-13-28(31)23-14-15-25-24-11-7-8-12-26(24)29(4,5)27(25)18-23/h7-18,20,22,28H,19H2,1-6H3/b21-17-. The monoisotopic (exact) mass is 441 g/mol. The Bertz CT molecular complexity index is 1160. The van der Waals surface area contributed by atoms with E-state index in [1.54, 1.807) is 0 Å². The van der Waals surface area contributed by atoms with Crippen LogP contribution in [0, 0.1) is 0 Å². The second-order valence-corrected chi connectivity index (χ2v) is 10.5. The molecule has 2 aliphatic heterocycles. The average molecular weight is 442 g/mol. The Balaban J connectivity index is 1.55. The lowest BCUT2D eigenvalue weighted by Crippen LogP contribution is -2.57. The molecular weight excluding hydrogens is 406 g/mol. The van der Waals surface area contributed by atoms with Crippen LogP contribution in [0.25, 0.3) is 11.1 Å². The molecule has 0 amide bonds. The van der Waals surface area contributed by atoms with E-state index in [4.69, 9.17) is 9.47 Å². The molecule has 2 aromatic carbocycles. The summed E-state index contributed by atoms with van der Waals surface area (Å²) in [6.07, 6.45) is 10.8. The molecule has 0 fully saturated rings. The largest absolute Gasteiger partial charge is 0.493 e. The highest BCUT2D eigenvalue weighted by Crippen LogP contribution is 2.49. The van der Waals surface area contributed by atoms with Crippen molar-refractivity contribution in [3.05, 3.63) is 95.4 Å². The lowest BCUT2D eigenvalue weighted by Gasteiger charge is -2.49. The molecule has 33 heavy (non-hydrogen) atoms. The van der Waals surface area contributed by atoms with Gasteiger partial charge >= 0.3 is 0 Å². The Morgan fingerprint density at radius 3 is 2.52 bits per heavy atom. The van der Waals surface area contributed by atoms with Crippen LogP contribution in [-0.4, -0.2) is 29.3 Å². The predicted octanol–water partition coefficient (Wildman–Crippen LogP) is 6.91. The molecule has 0 bridgehead atoms. The third kappa shape index (κ3) is 3.54. The Labute approximate surface area is 198 Å². The first-order chi connectivity index (χ1) is 15.7. The number of hydrogen-bond donors (Lipinski definition) is 0. The number of fused-ring (bicyclic) bond motifs is 3. The highest BCUT2D eigenvalue weighted by atomic mass is 16.5. The molecule has 0 spiro atoms. The molecule has 0 radical (unpaired) electrons. The summed E-state index contributed by atoms with van der Waals surface area (Å²) in [4.78, 5) is 2.43. The summed E-state index contributed by atoms with van der Waals surface area (Å²) >= 11 is 0. The molecule has 3 nitrogen and oxygen atoms in total. The van der Waals surface area contributed by atoms with E-state index >= 15 is 0 Å². The van der Waals surface area contributed by atoms with E-state index in [-0.39, 0.29) is 29.2 Å². The molecule has 0 N–H and O–H groups in total. The molecule has 0 aromatic heterocycles. The van der Waals surface area contributed by atoms with Gasteiger partial charge < -0.3 is 14.4 Å². The summed E-state index contributed by atoms with van der Waals surface area (Å²) in [5, 5.41) is 0. The van der Waals surface area contributed by atoms with Crippen molar-refractivity contribution in [2.24, 2.45) is 0 Å². The van der Waals surface area contributed by atoms with Crippen molar-refractivity contribution in [2.75, 3.05) is 6.61 Å². The first kappa shape index (κ1) is 22.0. The summed E-state index contributed by atoms with van der Waals surface area (Å²) in [6.45, 7) is 13.8. The molecule has 172 valence electrons. The van der Waals surface area contributed by atoms with Crippen molar-refractivity contribution in [1.82, 2.24) is 4.90 Å². The van der Waals surface area contributed by atoms with E-state index in [0.29, 0.717) is 6.61 Å². The Hall–Kier alpha value is -2.78. The SMILES string of the molecule is C/C1=C/C(C)OCC(C)(N2C=CC=CC2c2ccc3c(c2)C(C)(C)c2ccccc2-3)C(C)O1. The van der Waals surface area contributed by atoms with Crippen LogP contribution in [-0.2, 0) is 14.9 Å². The molecule has 4 unspecified atom stereocenters. The van der Waals surface area contributed by atoms with Crippen LogP contribution in [0.5, 0.6) is 0 Å². The van der Waals surface area contributed by atoms with Gasteiger partial charge in [0, 0.05) is 11.6 Å². The molecule has 0 saturated carbocycles. The van der Waals surface area contributed by atoms with Crippen molar-refractivity contribution in [1.29, 1.82) is 0 Å². The topological polar surface area (TPSA) is 21.7 Å². The van der Waals surface area contributed by atoms with E-state index in [2.05, 4.69) is 112 Å². The number of benzene rings is 2. The lowest BCUT2D eigenvalue weighted by atomic mass is 9.81. The van der Waals surface area contributed by atoms with Crippen LogP contribution in [0.1, 0.15) is 64.3 Å². The Kier molecular flexibility index (Phi) is 5.29. The first-order valence-electron chi connectivity index (χ1n) is 12.1. The van der Waals surface area contributed by atoms with Crippen LogP contribution >= 0.6 is 0 Å². The minimum Gasteiger partial charge on any atom is -0.493 e. The predicted molar refractivity (Wildman–Crippen MR) is 135 cm³/mol. The van der Waals surface area contributed by atoms with Gasteiger partial charge in [-0.15, -0.1) is 0 Å². The van der Waals surface area contributed by atoms with E-state index in [1.807, 2.05) is 6.92 Å². The summed E-state index contributed by atoms with van der Waals surface area (Å²) in [5.74, 6) is 0.922. The number of nitrogens with zero attached hydrogens (tertiary/aromatic N) is 1. The molecule has 3 aliphatic rings. The van der Waals surface area contributed by atoms with Gasteiger partial charge in [0.25, 0.3) is 0 Å². The quantitative estimate of drug-likeness (QED) is 0.506. The first-order valence-corrected chi connectivity index (χ1v) is 12.1. The van der Waals surface area contributed by atoms with Crippen LogP contribution in [0.15, 0.2) is 78.7 Å². The molecule has 4 atom stereocenters. The number of allylic oxidation sites excluding steroid dienone is 3. The second kappa shape index (κ2) is 7.92. The summed E-state index contributed by atoms with van der Waals surface area (Å²) in [7, 11) is 0. The van der Waals surface area contributed by atoms with Crippen molar-refractivity contribution in [3.8, 4) is 11.1 Å². The molecule has 2 heterocycles. The van der Waals surface area contributed by atoms with Gasteiger partial charge in [0.1, 0.15) is 6.10 Å². The third-order valence-corrected chi connectivity index (χ3v) is 7.84. The van der Waals surface area contributed by atoms with E-state index in [9.17, 15) is 0 Å². The summed E-state index contributed by atoms with van der Waals surface area (Å²) in [5.41, 5.74) is 6.49. The van der Waals surface area contributed by atoms with Gasteiger partial charge in [0.05, 0.1) is 30.1 Å². The second-order valence-electron chi connectivity index (χ2n) is 10.5. The van der Waals surface area contributed by atoms with E-state index < -0.39 is 0 Å². The fourth-order valence-electron chi connectivity index (χ4n) is 5.69. The zero-order chi connectivity index (χ0) is 23.4. The maximum atomic E-state index is 6.35.